The Bertz CT molecular complexity index is 1280. The molecule has 0 bridgehead atoms. The number of nitrogens with one attached hydrogen (secondary N) is 3. The fraction of sp³-hybridized carbons (Fsp3) is 0.385. The van der Waals surface area contributed by atoms with Crippen molar-refractivity contribution in [3.8, 4) is 22.8 Å². The number of amides is 1. The van der Waals surface area contributed by atoms with E-state index < -0.39 is 5.82 Å². The molecule has 2 aliphatic heterocycles. The van der Waals surface area contributed by atoms with Crippen LogP contribution in [0.5, 0.6) is 11.5 Å². The Labute approximate surface area is 202 Å². The number of carbonyl (C=O) groups excluding carboxylic acids is 1. The molecule has 8 nitrogen and oxygen atoms in total. The minimum absolute atomic E-state index is 0.0677. The summed E-state index contributed by atoms with van der Waals surface area (Å²) in [4.78, 5) is 21.0. The van der Waals surface area contributed by atoms with Crippen molar-refractivity contribution in [2.45, 2.75) is 37.2 Å². The van der Waals surface area contributed by atoms with Gasteiger partial charge in [0.25, 0.3) is 5.91 Å². The minimum atomic E-state index is -0.489. The van der Waals surface area contributed by atoms with Gasteiger partial charge in [0.2, 0.25) is 0 Å². The van der Waals surface area contributed by atoms with E-state index in [0.717, 1.165) is 43.5 Å². The molecule has 3 N–H and O–H groups in total. The highest BCUT2D eigenvalue weighted by atomic mass is 19.1. The Morgan fingerprint density at radius 1 is 1.31 bits per heavy atom. The Morgan fingerprint density at radius 3 is 2.89 bits per heavy atom. The molecule has 4 heterocycles. The zero-order chi connectivity index (χ0) is 24.0. The summed E-state index contributed by atoms with van der Waals surface area (Å²) in [5.41, 5.74) is 3.76. The van der Waals surface area contributed by atoms with E-state index >= 15 is 0 Å². The second kappa shape index (κ2) is 8.57. The van der Waals surface area contributed by atoms with Crippen LogP contribution in [0.4, 0.5) is 15.8 Å². The summed E-state index contributed by atoms with van der Waals surface area (Å²) in [6, 6.07) is 6.52. The van der Waals surface area contributed by atoms with Crippen LogP contribution in [-0.2, 0) is 10.2 Å². The van der Waals surface area contributed by atoms with Crippen LogP contribution in [0.25, 0.3) is 11.3 Å². The normalized spacial score (nSPS) is 19.8. The van der Waals surface area contributed by atoms with E-state index in [0.29, 0.717) is 41.5 Å². The predicted molar refractivity (Wildman–Crippen MR) is 128 cm³/mol. The van der Waals surface area contributed by atoms with Gasteiger partial charge in [-0.25, -0.2) is 4.39 Å². The van der Waals surface area contributed by atoms with Crippen molar-refractivity contribution in [3.05, 3.63) is 53.7 Å². The van der Waals surface area contributed by atoms with Crippen molar-refractivity contribution in [2.24, 2.45) is 0 Å². The predicted octanol–water partition coefficient (Wildman–Crippen LogP) is 4.30. The Hall–Kier alpha value is -3.59. The molecule has 1 aliphatic carbocycles. The summed E-state index contributed by atoms with van der Waals surface area (Å²) in [6.07, 6.45) is 7.46. The summed E-state index contributed by atoms with van der Waals surface area (Å²) >= 11 is 0. The Balaban J connectivity index is 1.50. The molecular formula is C26H27FN4O4. The highest BCUT2D eigenvalue weighted by Gasteiger charge is 2.47. The molecule has 2 aromatic heterocycles. The largest absolute Gasteiger partial charge is 0.492 e. The van der Waals surface area contributed by atoms with Gasteiger partial charge < -0.3 is 29.8 Å². The highest BCUT2D eigenvalue weighted by Crippen LogP contribution is 2.51. The van der Waals surface area contributed by atoms with Gasteiger partial charge in [0.05, 0.1) is 42.0 Å². The van der Waals surface area contributed by atoms with Crippen LogP contribution in [0.2, 0.25) is 0 Å². The first-order chi connectivity index (χ1) is 17.1. The average molecular weight is 479 g/mol. The second-order valence-corrected chi connectivity index (χ2v) is 9.35. The molecule has 3 aliphatic rings. The molecule has 3 aromatic rings. The molecule has 1 spiro atoms. The van der Waals surface area contributed by atoms with E-state index in [1.165, 1.54) is 13.2 Å². The van der Waals surface area contributed by atoms with E-state index in [4.69, 9.17) is 14.2 Å². The van der Waals surface area contributed by atoms with Crippen molar-refractivity contribution < 1.29 is 23.4 Å². The number of rotatable bonds is 7. The molecule has 1 atom stereocenters. The first-order valence-corrected chi connectivity index (χ1v) is 11.9. The molecule has 6 rings (SSSR count). The molecule has 1 amide bonds. The van der Waals surface area contributed by atoms with Crippen LogP contribution in [0.1, 0.15) is 41.7 Å². The molecule has 1 saturated heterocycles. The van der Waals surface area contributed by atoms with Gasteiger partial charge in [0.1, 0.15) is 12.4 Å². The number of carbonyl (C=O) groups is 1. The smallest absolute Gasteiger partial charge is 0.255 e. The summed E-state index contributed by atoms with van der Waals surface area (Å²) < 4.78 is 31.4. The maximum absolute atomic E-state index is 14.5. The van der Waals surface area contributed by atoms with Crippen molar-refractivity contribution in [1.82, 2.24) is 15.3 Å². The van der Waals surface area contributed by atoms with Crippen LogP contribution in [0.3, 0.4) is 0 Å². The number of anilines is 2. The summed E-state index contributed by atoms with van der Waals surface area (Å²) in [7, 11) is 1.42. The number of hydrogen-bond donors (Lipinski definition) is 3. The average Bonchev–Trinajstić information content (AvgIpc) is 3.18. The summed E-state index contributed by atoms with van der Waals surface area (Å²) in [5.74, 6) is 0.00400. The van der Waals surface area contributed by atoms with E-state index in [-0.39, 0.29) is 23.2 Å². The molecular weight excluding hydrogens is 451 g/mol. The van der Waals surface area contributed by atoms with E-state index in [1.807, 2.05) is 6.07 Å². The number of para-hydroxylation sites is 1. The number of aromatic nitrogens is 2. The molecule has 35 heavy (non-hydrogen) atoms. The lowest BCUT2D eigenvalue weighted by Crippen LogP contribution is -2.50. The van der Waals surface area contributed by atoms with Gasteiger partial charge in [-0.15, -0.1) is 0 Å². The monoisotopic (exact) mass is 478 g/mol. The third-order valence-corrected chi connectivity index (χ3v) is 7.36. The number of fused-ring (bicyclic) bond motifs is 2. The van der Waals surface area contributed by atoms with E-state index in [2.05, 4.69) is 20.6 Å². The number of H-pyrrole nitrogens is 1. The number of pyridine rings is 1. The zero-order valence-electron chi connectivity index (χ0n) is 19.4. The van der Waals surface area contributed by atoms with Gasteiger partial charge in [-0.2, -0.15) is 0 Å². The van der Waals surface area contributed by atoms with E-state index in [9.17, 15) is 9.18 Å². The fourth-order valence-electron chi connectivity index (χ4n) is 5.16. The lowest BCUT2D eigenvalue weighted by Gasteiger charge is -2.44. The summed E-state index contributed by atoms with van der Waals surface area (Å²) in [6.45, 7) is 1.77. The highest BCUT2D eigenvalue weighted by molar-refractivity contribution is 6.07. The van der Waals surface area contributed by atoms with Gasteiger partial charge >= 0.3 is 0 Å². The topological polar surface area (TPSA) is 97.5 Å². The van der Waals surface area contributed by atoms with Crippen LogP contribution in [0, 0.1) is 5.82 Å². The van der Waals surface area contributed by atoms with Crippen LogP contribution in [-0.4, -0.2) is 48.8 Å². The number of aromatic amines is 1. The lowest BCUT2D eigenvalue weighted by atomic mass is 9.64. The number of nitrogens with zero attached hydrogens (tertiary/aromatic N) is 1. The Morgan fingerprint density at radius 2 is 2.17 bits per heavy atom. The van der Waals surface area contributed by atoms with E-state index in [1.54, 1.807) is 24.5 Å². The van der Waals surface area contributed by atoms with Crippen molar-refractivity contribution in [1.29, 1.82) is 0 Å². The molecule has 0 unspecified atom stereocenters. The third-order valence-electron chi connectivity index (χ3n) is 7.36. The van der Waals surface area contributed by atoms with Crippen molar-refractivity contribution in [2.75, 3.05) is 32.2 Å². The maximum atomic E-state index is 14.5. The lowest BCUT2D eigenvalue weighted by molar-refractivity contribution is -0.0720. The molecule has 1 saturated carbocycles. The minimum Gasteiger partial charge on any atom is -0.492 e. The van der Waals surface area contributed by atoms with Crippen molar-refractivity contribution >= 4 is 17.3 Å². The number of halogens is 1. The van der Waals surface area contributed by atoms with Crippen LogP contribution < -0.4 is 20.1 Å². The molecule has 2 fully saturated rings. The number of benzene rings is 1. The molecule has 182 valence electrons. The quantitative estimate of drug-likeness (QED) is 0.469. The van der Waals surface area contributed by atoms with Gasteiger partial charge in [-0.3, -0.25) is 9.78 Å². The zero-order valence-corrected chi connectivity index (χ0v) is 19.4. The second-order valence-electron chi connectivity index (χ2n) is 9.35. The number of methoxy groups -OCH3 is 1. The van der Waals surface area contributed by atoms with Gasteiger partial charge in [-0.1, -0.05) is 12.5 Å². The van der Waals surface area contributed by atoms with Crippen molar-refractivity contribution in [3.63, 3.8) is 0 Å². The number of ether oxygens (including phenoxy) is 3. The molecule has 1 aromatic carbocycles. The Kier molecular flexibility index (Phi) is 5.36. The van der Waals surface area contributed by atoms with Crippen LogP contribution >= 0.6 is 0 Å². The van der Waals surface area contributed by atoms with Crippen LogP contribution in [0.15, 0.2) is 36.7 Å². The maximum Gasteiger partial charge on any atom is 0.255 e. The third kappa shape index (κ3) is 3.61. The standard InChI is InChI=1S/C26H27FN4O4/c1-33-23-17(27)4-2-5-18(23)30-22-20-24(26(8-3-9-26)14-29-25(20)32)31-21(22)16-6-10-28-12-19(16)35-13-15-7-11-34-15/h2,4-6,10,12,15,30-31H,3,7-9,11,13-14H2,1H3,(H,29,32)/t15-/m1/s1. The first-order valence-electron chi connectivity index (χ1n) is 11.9. The summed E-state index contributed by atoms with van der Waals surface area (Å²) in [5, 5.41) is 6.38. The number of hydrogen-bond acceptors (Lipinski definition) is 6. The first kappa shape index (κ1) is 21.9. The SMILES string of the molecule is COc1c(F)cccc1Nc1c(-c2ccncc2OC[C@H]2CCO2)[nH]c2c1C(=O)NCC21CCC1. The van der Waals surface area contributed by atoms with Gasteiger partial charge in [0.15, 0.2) is 11.6 Å². The molecule has 0 radical (unpaired) electrons. The fourth-order valence-corrected chi connectivity index (χ4v) is 5.16. The van der Waals surface area contributed by atoms with Gasteiger partial charge in [0, 0.05) is 42.4 Å². The van der Waals surface area contributed by atoms with Gasteiger partial charge in [-0.05, 0) is 31.0 Å². The molecule has 9 heteroatoms.